The number of nitrogens with one attached hydrogen (secondary N) is 1. The van der Waals surface area contributed by atoms with E-state index < -0.39 is 17.7 Å². The number of hydrogen-bond acceptors (Lipinski definition) is 3. The smallest absolute Gasteiger partial charge is 0.145 e. The van der Waals surface area contributed by atoms with E-state index in [2.05, 4.69) is 43.9 Å². The fourth-order valence-electron chi connectivity index (χ4n) is 1.63. The van der Waals surface area contributed by atoms with Crippen molar-refractivity contribution in [1.82, 2.24) is 5.43 Å². The Hall–Kier alpha value is -0.0900. The first-order valence-corrected chi connectivity index (χ1v) is 7.63. The molecule has 0 aliphatic heterocycles. The van der Waals surface area contributed by atoms with Gasteiger partial charge in [-0.3, -0.25) is 5.84 Å². The molecular weight excluding hydrogens is 437 g/mol. The average Bonchev–Trinajstić information content (AvgIpc) is 2.76. The number of rotatable bonds is 3. The van der Waals surface area contributed by atoms with Crippen LogP contribution in [0.15, 0.2) is 28.1 Å². The van der Waals surface area contributed by atoms with E-state index in [9.17, 15) is 8.78 Å². The Bertz CT molecular complexity index is 576. The minimum absolute atomic E-state index is 0.0823. The maximum atomic E-state index is 14.0. The fraction of sp³-hybridized carbons (Fsp3) is 0.0909. The zero-order chi connectivity index (χ0) is 13.3. The largest absolute Gasteiger partial charge is 0.271 e. The summed E-state index contributed by atoms with van der Waals surface area (Å²) in [6, 6.07) is 3.68. The molecule has 1 unspecified atom stereocenters. The number of halogens is 4. The van der Waals surface area contributed by atoms with E-state index in [0.29, 0.717) is 0 Å². The van der Waals surface area contributed by atoms with Crippen molar-refractivity contribution in [3.63, 3.8) is 0 Å². The summed E-state index contributed by atoms with van der Waals surface area (Å²) in [5.74, 6) is 4.17. The van der Waals surface area contributed by atoms with Crippen molar-refractivity contribution >= 4 is 49.9 Å². The molecule has 7 heteroatoms. The van der Waals surface area contributed by atoms with Crippen LogP contribution in [-0.4, -0.2) is 0 Å². The van der Waals surface area contributed by atoms with E-state index in [-0.39, 0.29) is 10.0 Å². The molecular formula is C11H8BrF2IN2S. The van der Waals surface area contributed by atoms with Crippen molar-refractivity contribution in [1.29, 1.82) is 0 Å². The zero-order valence-electron chi connectivity index (χ0n) is 8.88. The summed E-state index contributed by atoms with van der Waals surface area (Å²) in [6.07, 6.45) is 0. The van der Waals surface area contributed by atoms with Crippen molar-refractivity contribution in [3.05, 3.63) is 53.7 Å². The molecule has 0 bridgehead atoms. The molecule has 0 fully saturated rings. The molecule has 0 aliphatic carbocycles. The van der Waals surface area contributed by atoms with E-state index in [1.807, 2.05) is 11.4 Å². The van der Waals surface area contributed by atoms with Gasteiger partial charge in [-0.05, 0) is 67.7 Å². The average molecular weight is 445 g/mol. The molecule has 0 radical (unpaired) electrons. The van der Waals surface area contributed by atoms with E-state index in [1.54, 1.807) is 0 Å². The van der Waals surface area contributed by atoms with Gasteiger partial charge >= 0.3 is 0 Å². The van der Waals surface area contributed by atoms with Crippen molar-refractivity contribution in [3.8, 4) is 0 Å². The predicted molar refractivity (Wildman–Crippen MR) is 80.3 cm³/mol. The monoisotopic (exact) mass is 444 g/mol. The summed E-state index contributed by atoms with van der Waals surface area (Å²) in [7, 11) is 0. The van der Waals surface area contributed by atoms with Crippen LogP contribution in [0.2, 0.25) is 0 Å². The van der Waals surface area contributed by atoms with Gasteiger partial charge < -0.3 is 0 Å². The van der Waals surface area contributed by atoms with Crippen molar-refractivity contribution in [2.75, 3.05) is 0 Å². The molecule has 1 aromatic carbocycles. The molecule has 96 valence electrons. The van der Waals surface area contributed by atoms with Crippen LogP contribution in [0, 0.1) is 14.5 Å². The van der Waals surface area contributed by atoms with E-state index >= 15 is 0 Å². The highest BCUT2D eigenvalue weighted by Gasteiger charge is 2.23. The van der Waals surface area contributed by atoms with E-state index in [4.69, 9.17) is 5.84 Å². The lowest BCUT2D eigenvalue weighted by atomic mass is 10.0. The molecule has 0 aliphatic rings. The molecule has 1 heterocycles. The predicted octanol–water partition coefficient (Wildman–Crippen LogP) is 3.95. The topological polar surface area (TPSA) is 38.0 Å². The van der Waals surface area contributed by atoms with Crippen molar-refractivity contribution in [2.24, 2.45) is 5.84 Å². The Morgan fingerprint density at radius 2 is 2.11 bits per heavy atom. The van der Waals surface area contributed by atoms with Crippen molar-refractivity contribution in [2.45, 2.75) is 6.04 Å². The molecule has 2 nitrogen and oxygen atoms in total. The van der Waals surface area contributed by atoms with Crippen LogP contribution >= 0.6 is 49.9 Å². The lowest BCUT2D eigenvalue weighted by Crippen LogP contribution is -2.30. The molecule has 1 atom stereocenters. The third-order valence-corrected chi connectivity index (χ3v) is 4.88. The second-order valence-electron chi connectivity index (χ2n) is 3.54. The highest BCUT2D eigenvalue weighted by atomic mass is 127. The Morgan fingerprint density at radius 3 is 2.67 bits per heavy atom. The quantitative estimate of drug-likeness (QED) is 0.325. The minimum atomic E-state index is -0.706. The van der Waals surface area contributed by atoms with Crippen molar-refractivity contribution < 1.29 is 8.78 Å². The Morgan fingerprint density at radius 1 is 1.39 bits per heavy atom. The van der Waals surface area contributed by atoms with Gasteiger partial charge in [-0.1, -0.05) is 0 Å². The molecule has 18 heavy (non-hydrogen) atoms. The fourth-order valence-corrected chi connectivity index (χ4v) is 3.37. The van der Waals surface area contributed by atoms with Gasteiger partial charge in [-0.25, -0.2) is 14.2 Å². The first kappa shape index (κ1) is 14.3. The molecule has 0 saturated heterocycles. The second kappa shape index (κ2) is 5.91. The number of nitrogens with two attached hydrogens (primary N) is 1. The summed E-state index contributed by atoms with van der Waals surface area (Å²) in [6.45, 7) is 0. The van der Waals surface area contributed by atoms with Crippen LogP contribution < -0.4 is 11.3 Å². The van der Waals surface area contributed by atoms with Crippen LogP contribution in [-0.2, 0) is 0 Å². The number of hydrazine groups is 1. The number of hydrogen-bond donors (Lipinski definition) is 2. The first-order chi connectivity index (χ1) is 8.54. The highest BCUT2D eigenvalue weighted by Crippen LogP contribution is 2.32. The molecule has 0 spiro atoms. The minimum Gasteiger partial charge on any atom is -0.271 e. The summed E-state index contributed by atoms with van der Waals surface area (Å²) >= 11 is 6.69. The summed E-state index contributed by atoms with van der Waals surface area (Å²) in [4.78, 5) is 0. The van der Waals surface area contributed by atoms with E-state index in [1.165, 1.54) is 23.5 Å². The molecule has 2 rings (SSSR count). The van der Waals surface area contributed by atoms with Gasteiger partial charge in [-0.2, -0.15) is 0 Å². The molecule has 3 N–H and O–H groups in total. The Balaban J connectivity index is 2.55. The highest BCUT2D eigenvalue weighted by molar-refractivity contribution is 14.1. The van der Waals surface area contributed by atoms with Gasteiger partial charge in [0.1, 0.15) is 11.6 Å². The van der Waals surface area contributed by atoms with Gasteiger partial charge in [0.25, 0.3) is 0 Å². The SMILES string of the molecule is NNC(c1csc(I)c1)c1c(F)ccc(Br)c1F. The van der Waals surface area contributed by atoms with Crippen LogP contribution in [0.5, 0.6) is 0 Å². The standard InChI is InChI=1S/C11H8BrF2IN2S/c12-6-1-2-7(13)9(10(6)14)11(17-16)5-3-8(15)18-4-5/h1-4,11,17H,16H2. The third kappa shape index (κ3) is 2.74. The number of thiophene rings is 1. The number of benzene rings is 1. The normalized spacial score (nSPS) is 12.7. The molecule has 1 aromatic heterocycles. The molecule has 0 saturated carbocycles. The summed E-state index contributed by atoms with van der Waals surface area (Å²) in [5, 5.41) is 1.83. The zero-order valence-corrected chi connectivity index (χ0v) is 13.4. The Kier molecular flexibility index (Phi) is 4.70. The lowest BCUT2D eigenvalue weighted by molar-refractivity contribution is 0.508. The Labute approximate surface area is 129 Å². The van der Waals surface area contributed by atoms with Gasteiger partial charge in [0.05, 0.1) is 13.4 Å². The summed E-state index contributed by atoms with van der Waals surface area (Å²) < 4.78 is 29.1. The molecule has 0 amide bonds. The van der Waals surface area contributed by atoms with Crippen LogP contribution in [0.25, 0.3) is 0 Å². The lowest BCUT2D eigenvalue weighted by Gasteiger charge is -2.17. The summed E-state index contributed by atoms with van der Waals surface area (Å²) in [5.41, 5.74) is 3.12. The molecule has 2 aromatic rings. The van der Waals surface area contributed by atoms with Crippen LogP contribution in [0.4, 0.5) is 8.78 Å². The van der Waals surface area contributed by atoms with Gasteiger partial charge in [0, 0.05) is 5.56 Å². The first-order valence-electron chi connectivity index (χ1n) is 4.88. The van der Waals surface area contributed by atoms with Crippen LogP contribution in [0.1, 0.15) is 17.2 Å². The van der Waals surface area contributed by atoms with Gasteiger partial charge in [-0.15, -0.1) is 11.3 Å². The maximum absolute atomic E-state index is 14.0. The van der Waals surface area contributed by atoms with E-state index in [0.717, 1.165) is 8.45 Å². The van der Waals surface area contributed by atoms with Crippen LogP contribution in [0.3, 0.4) is 0 Å². The van der Waals surface area contributed by atoms with Gasteiger partial charge in [0.15, 0.2) is 0 Å². The van der Waals surface area contributed by atoms with Gasteiger partial charge in [0.2, 0.25) is 0 Å². The maximum Gasteiger partial charge on any atom is 0.145 e. The second-order valence-corrected chi connectivity index (χ2v) is 7.20. The third-order valence-electron chi connectivity index (χ3n) is 2.46.